The molecule has 2 nitrogen and oxygen atoms in total. The van der Waals surface area contributed by atoms with Gasteiger partial charge in [-0.25, -0.2) is 0 Å². The zero-order chi connectivity index (χ0) is 12.1. The van der Waals surface area contributed by atoms with Gasteiger partial charge in [-0.05, 0) is 38.6 Å². The molecule has 2 unspecified atom stereocenters. The van der Waals surface area contributed by atoms with Gasteiger partial charge in [0.05, 0.1) is 6.10 Å². The highest BCUT2D eigenvalue weighted by Crippen LogP contribution is 2.50. The summed E-state index contributed by atoms with van der Waals surface area (Å²) in [7, 11) is 2.09. The van der Waals surface area contributed by atoms with E-state index in [-0.39, 0.29) is 0 Å². The lowest BCUT2D eigenvalue weighted by Crippen LogP contribution is -2.40. The molecule has 1 N–H and O–H groups in total. The van der Waals surface area contributed by atoms with Crippen molar-refractivity contribution in [1.82, 2.24) is 5.32 Å². The molecule has 2 rings (SSSR count). The molecule has 0 aromatic heterocycles. The van der Waals surface area contributed by atoms with E-state index in [1.807, 2.05) is 0 Å². The van der Waals surface area contributed by atoms with Crippen molar-refractivity contribution in [3.63, 3.8) is 0 Å². The number of nitrogens with one attached hydrogen (secondary N) is 1. The molecule has 2 aliphatic rings. The van der Waals surface area contributed by atoms with Crippen molar-refractivity contribution in [1.29, 1.82) is 0 Å². The molecule has 0 aromatic carbocycles. The van der Waals surface area contributed by atoms with Gasteiger partial charge in [0.1, 0.15) is 0 Å². The molecule has 1 saturated heterocycles. The Hall–Kier alpha value is -0.0800. The van der Waals surface area contributed by atoms with Gasteiger partial charge in [0.2, 0.25) is 0 Å². The van der Waals surface area contributed by atoms with Crippen LogP contribution in [0.4, 0.5) is 0 Å². The summed E-state index contributed by atoms with van der Waals surface area (Å²) in [6, 6.07) is 0. The molecule has 0 amide bonds. The number of ether oxygens (including phenoxy) is 1. The van der Waals surface area contributed by atoms with Gasteiger partial charge in [0.15, 0.2) is 0 Å². The first kappa shape index (κ1) is 13.4. The molecule has 2 heteroatoms. The number of hydrogen-bond donors (Lipinski definition) is 1. The van der Waals surface area contributed by atoms with Crippen LogP contribution in [0.25, 0.3) is 0 Å². The number of hydrogen-bond acceptors (Lipinski definition) is 2. The van der Waals surface area contributed by atoms with E-state index >= 15 is 0 Å². The van der Waals surface area contributed by atoms with Crippen LogP contribution in [0.15, 0.2) is 0 Å². The molecular weight excluding hydrogens is 210 g/mol. The van der Waals surface area contributed by atoms with Gasteiger partial charge in [-0.2, -0.15) is 0 Å². The maximum Gasteiger partial charge on any atom is 0.0672 e. The first-order valence-corrected chi connectivity index (χ1v) is 7.58. The Balaban J connectivity index is 1.88. The molecule has 1 saturated carbocycles. The summed E-state index contributed by atoms with van der Waals surface area (Å²) >= 11 is 0. The Labute approximate surface area is 107 Å². The highest BCUT2D eigenvalue weighted by Gasteiger charge is 2.49. The third-order valence-electron chi connectivity index (χ3n) is 4.61. The van der Waals surface area contributed by atoms with Crippen LogP contribution in [0.3, 0.4) is 0 Å². The van der Waals surface area contributed by atoms with Crippen LogP contribution in [0.2, 0.25) is 0 Å². The molecular formula is C15H29NO. The molecule has 0 radical (unpaired) electrons. The minimum Gasteiger partial charge on any atom is -0.377 e. The normalized spacial score (nSPS) is 33.2. The van der Waals surface area contributed by atoms with Crippen molar-refractivity contribution in [2.24, 2.45) is 11.3 Å². The second-order valence-corrected chi connectivity index (χ2v) is 6.08. The van der Waals surface area contributed by atoms with Crippen LogP contribution in [-0.4, -0.2) is 26.3 Å². The average molecular weight is 239 g/mol. The van der Waals surface area contributed by atoms with E-state index in [0.717, 1.165) is 19.1 Å². The maximum atomic E-state index is 6.06. The monoisotopic (exact) mass is 239 g/mol. The second kappa shape index (κ2) is 6.19. The summed E-state index contributed by atoms with van der Waals surface area (Å²) < 4.78 is 6.06. The summed E-state index contributed by atoms with van der Waals surface area (Å²) in [5.41, 5.74) is 0.462. The van der Waals surface area contributed by atoms with Crippen molar-refractivity contribution in [3.8, 4) is 0 Å². The lowest BCUT2D eigenvalue weighted by molar-refractivity contribution is 0.0261. The summed E-state index contributed by atoms with van der Waals surface area (Å²) in [5.74, 6) is 0.886. The summed E-state index contributed by atoms with van der Waals surface area (Å²) in [5, 5.41) is 3.42. The Morgan fingerprint density at radius 1 is 1.24 bits per heavy atom. The van der Waals surface area contributed by atoms with Gasteiger partial charge >= 0.3 is 0 Å². The van der Waals surface area contributed by atoms with E-state index in [0.29, 0.717) is 11.5 Å². The van der Waals surface area contributed by atoms with Crippen molar-refractivity contribution in [2.75, 3.05) is 20.2 Å². The Kier molecular flexibility index (Phi) is 4.87. The molecule has 1 heterocycles. The molecule has 2 fully saturated rings. The SMILES string of the molecule is CCCCCCC1(CNC)CCOC1C1CC1. The van der Waals surface area contributed by atoms with Crippen LogP contribution in [-0.2, 0) is 4.74 Å². The number of rotatable bonds is 8. The fourth-order valence-corrected chi connectivity index (χ4v) is 3.54. The lowest BCUT2D eigenvalue weighted by atomic mass is 9.74. The van der Waals surface area contributed by atoms with Gasteiger partial charge in [0, 0.05) is 18.6 Å². The predicted octanol–water partition coefficient (Wildman–Crippen LogP) is 3.36. The van der Waals surface area contributed by atoms with E-state index in [1.54, 1.807) is 0 Å². The van der Waals surface area contributed by atoms with Crippen LogP contribution >= 0.6 is 0 Å². The summed E-state index contributed by atoms with van der Waals surface area (Å²) in [6.07, 6.45) is 11.6. The Morgan fingerprint density at radius 3 is 2.71 bits per heavy atom. The molecule has 100 valence electrons. The van der Waals surface area contributed by atoms with Crippen molar-refractivity contribution >= 4 is 0 Å². The Bertz CT molecular complexity index is 227. The first-order valence-electron chi connectivity index (χ1n) is 7.58. The van der Waals surface area contributed by atoms with Crippen molar-refractivity contribution in [2.45, 2.75) is 64.4 Å². The molecule has 0 aromatic rings. The molecule has 17 heavy (non-hydrogen) atoms. The smallest absolute Gasteiger partial charge is 0.0672 e. The highest BCUT2D eigenvalue weighted by molar-refractivity contribution is 5.00. The first-order chi connectivity index (χ1) is 8.32. The third kappa shape index (κ3) is 3.23. The molecule has 1 aliphatic carbocycles. The lowest BCUT2D eigenvalue weighted by Gasteiger charge is -2.34. The quantitative estimate of drug-likeness (QED) is 0.656. The fourth-order valence-electron chi connectivity index (χ4n) is 3.54. The van der Waals surface area contributed by atoms with Gasteiger partial charge in [0.25, 0.3) is 0 Å². The minimum absolute atomic E-state index is 0.462. The van der Waals surface area contributed by atoms with Crippen LogP contribution in [0, 0.1) is 11.3 Å². The van der Waals surface area contributed by atoms with Crippen LogP contribution in [0.1, 0.15) is 58.3 Å². The highest BCUT2D eigenvalue weighted by atomic mass is 16.5. The maximum absolute atomic E-state index is 6.06. The second-order valence-electron chi connectivity index (χ2n) is 6.08. The van der Waals surface area contributed by atoms with Gasteiger partial charge in [-0.15, -0.1) is 0 Å². The molecule has 0 bridgehead atoms. The molecule has 0 spiro atoms. The van der Waals surface area contributed by atoms with Crippen LogP contribution in [0.5, 0.6) is 0 Å². The zero-order valence-electron chi connectivity index (χ0n) is 11.6. The van der Waals surface area contributed by atoms with E-state index in [9.17, 15) is 0 Å². The largest absolute Gasteiger partial charge is 0.377 e. The van der Waals surface area contributed by atoms with Gasteiger partial charge in [-0.3, -0.25) is 0 Å². The minimum atomic E-state index is 0.462. The average Bonchev–Trinajstić information content (AvgIpc) is 3.09. The Morgan fingerprint density at radius 2 is 2.06 bits per heavy atom. The van der Waals surface area contributed by atoms with E-state index < -0.39 is 0 Å². The predicted molar refractivity (Wildman–Crippen MR) is 72.2 cm³/mol. The van der Waals surface area contributed by atoms with Crippen LogP contribution < -0.4 is 5.32 Å². The van der Waals surface area contributed by atoms with Crippen molar-refractivity contribution < 1.29 is 4.74 Å². The van der Waals surface area contributed by atoms with E-state index in [4.69, 9.17) is 4.74 Å². The molecule has 2 atom stereocenters. The van der Waals surface area contributed by atoms with Gasteiger partial charge in [-0.1, -0.05) is 32.6 Å². The third-order valence-corrected chi connectivity index (χ3v) is 4.61. The molecule has 1 aliphatic heterocycles. The summed E-state index contributed by atoms with van der Waals surface area (Å²) in [6.45, 7) is 4.44. The number of unbranched alkanes of at least 4 members (excludes halogenated alkanes) is 3. The zero-order valence-corrected chi connectivity index (χ0v) is 11.6. The topological polar surface area (TPSA) is 21.3 Å². The standard InChI is InChI=1S/C15H29NO/c1-3-4-5-6-9-15(12-16-2)10-11-17-14(15)13-7-8-13/h13-14,16H,3-12H2,1-2H3. The summed E-state index contributed by atoms with van der Waals surface area (Å²) in [4.78, 5) is 0. The van der Waals surface area contributed by atoms with E-state index in [1.165, 1.54) is 51.4 Å². The van der Waals surface area contributed by atoms with E-state index in [2.05, 4.69) is 19.3 Å². The fraction of sp³-hybridized carbons (Fsp3) is 1.00. The van der Waals surface area contributed by atoms with Gasteiger partial charge < -0.3 is 10.1 Å². The van der Waals surface area contributed by atoms with Crippen molar-refractivity contribution in [3.05, 3.63) is 0 Å².